The zero-order valence-corrected chi connectivity index (χ0v) is 24.3. The van der Waals surface area contributed by atoms with Crippen LogP contribution in [0.25, 0.3) is 5.69 Å². The normalized spacial score (nSPS) is 18.0. The van der Waals surface area contributed by atoms with Crippen LogP contribution in [0.5, 0.6) is 0 Å². The van der Waals surface area contributed by atoms with Gasteiger partial charge in [0.2, 0.25) is 0 Å². The minimum Gasteiger partial charge on any atom is -0.338 e. The molecule has 6 rings (SSSR count). The van der Waals surface area contributed by atoms with Crippen LogP contribution in [0.3, 0.4) is 0 Å². The molecule has 2 aliphatic heterocycles. The zero-order chi connectivity index (χ0) is 28.3. The molecule has 0 spiro atoms. The minimum atomic E-state index is -0.301. The molecule has 2 aliphatic rings. The van der Waals surface area contributed by atoms with Crippen molar-refractivity contribution in [1.82, 2.24) is 19.6 Å². The van der Waals surface area contributed by atoms with E-state index >= 15 is 0 Å². The Morgan fingerprint density at radius 3 is 2.41 bits per heavy atom. The Balaban J connectivity index is 1.23. The van der Waals surface area contributed by atoms with E-state index in [1.807, 2.05) is 33.8 Å². The number of benzene rings is 3. The van der Waals surface area contributed by atoms with E-state index in [0.717, 1.165) is 66.9 Å². The Morgan fingerprint density at radius 2 is 1.71 bits per heavy atom. The predicted octanol–water partition coefficient (Wildman–Crippen LogP) is 6.65. The van der Waals surface area contributed by atoms with Crippen molar-refractivity contribution < 1.29 is 9.18 Å². The van der Waals surface area contributed by atoms with E-state index in [9.17, 15) is 14.4 Å². The number of likely N-dealkylation sites (tertiary alicyclic amines) is 2. The number of nitrogens with zero attached hydrogens (tertiary/aromatic N) is 5. The number of amides is 1. The maximum absolute atomic E-state index is 14.0. The molecule has 1 atom stereocenters. The average Bonchev–Trinajstić information content (AvgIpc) is 3.68. The number of hydrogen-bond acceptors (Lipinski definition) is 4. The maximum atomic E-state index is 14.0. The van der Waals surface area contributed by atoms with Crippen LogP contribution in [-0.2, 0) is 6.54 Å². The first-order valence-corrected chi connectivity index (χ1v) is 14.9. The number of halogens is 2. The number of aromatic nitrogens is 2. The van der Waals surface area contributed by atoms with Gasteiger partial charge in [-0.25, -0.2) is 9.07 Å². The molecule has 1 aromatic heterocycles. The van der Waals surface area contributed by atoms with Gasteiger partial charge in [-0.2, -0.15) is 10.4 Å². The van der Waals surface area contributed by atoms with Gasteiger partial charge in [0.15, 0.2) is 0 Å². The third-order valence-electron chi connectivity index (χ3n) is 8.40. The zero-order valence-electron chi connectivity index (χ0n) is 22.7. The minimum absolute atomic E-state index is 0.0238. The fourth-order valence-electron chi connectivity index (χ4n) is 6.17. The Bertz CT molecular complexity index is 1570. The topological polar surface area (TPSA) is 65.2 Å². The first-order chi connectivity index (χ1) is 20.0. The molecule has 0 radical (unpaired) electrons. The summed E-state index contributed by atoms with van der Waals surface area (Å²) in [6, 6.07) is 24.6. The van der Waals surface area contributed by atoms with Crippen molar-refractivity contribution in [2.75, 3.05) is 26.2 Å². The summed E-state index contributed by atoms with van der Waals surface area (Å²) in [5.74, 6) is 0.205. The van der Waals surface area contributed by atoms with Crippen LogP contribution < -0.4 is 0 Å². The molecule has 2 fully saturated rings. The smallest absolute Gasteiger partial charge is 0.257 e. The third-order valence-corrected chi connectivity index (χ3v) is 9.14. The number of nitriles is 1. The van der Waals surface area contributed by atoms with E-state index in [2.05, 4.69) is 56.3 Å². The van der Waals surface area contributed by atoms with Crippen molar-refractivity contribution in [2.24, 2.45) is 0 Å². The number of carbonyl (C=O) groups is 1. The van der Waals surface area contributed by atoms with Gasteiger partial charge in [0.1, 0.15) is 5.82 Å². The quantitative estimate of drug-likeness (QED) is 0.245. The van der Waals surface area contributed by atoms with E-state index in [1.165, 1.54) is 17.7 Å². The molecule has 1 amide bonds. The molecule has 4 aromatic rings. The van der Waals surface area contributed by atoms with Gasteiger partial charge < -0.3 is 4.90 Å². The highest BCUT2D eigenvalue weighted by atomic mass is 79.9. The average molecular weight is 613 g/mol. The molecule has 41 heavy (non-hydrogen) atoms. The van der Waals surface area contributed by atoms with Crippen LogP contribution in [0.4, 0.5) is 4.39 Å². The molecule has 3 heterocycles. The molecule has 0 unspecified atom stereocenters. The molecule has 208 valence electrons. The molecule has 2 saturated heterocycles. The second-order valence-electron chi connectivity index (χ2n) is 10.9. The highest BCUT2D eigenvalue weighted by Crippen LogP contribution is 2.35. The van der Waals surface area contributed by atoms with Gasteiger partial charge in [0, 0.05) is 35.9 Å². The predicted molar refractivity (Wildman–Crippen MR) is 159 cm³/mol. The molecular weight excluding hydrogens is 581 g/mol. The van der Waals surface area contributed by atoms with Gasteiger partial charge in [-0.05, 0) is 79.9 Å². The molecule has 0 aliphatic carbocycles. The summed E-state index contributed by atoms with van der Waals surface area (Å²) < 4.78 is 16.5. The van der Waals surface area contributed by atoms with Crippen molar-refractivity contribution in [3.8, 4) is 11.8 Å². The fraction of sp³-hybridized carbons (Fsp3) is 0.303. The van der Waals surface area contributed by atoms with Crippen LogP contribution in [0.2, 0.25) is 0 Å². The molecule has 6 nitrogen and oxygen atoms in total. The SMILES string of the molecule is N#Cc1ccc(CN2CCC(c3c(C(=O)N4CC[C@H](c5ccccc5)C4)cnn3-c3ccc(F)cc3)CC2)c(Br)c1. The largest absolute Gasteiger partial charge is 0.338 e. The van der Waals surface area contributed by atoms with Crippen LogP contribution in [-0.4, -0.2) is 51.7 Å². The van der Waals surface area contributed by atoms with Crippen LogP contribution >= 0.6 is 15.9 Å². The summed E-state index contributed by atoms with van der Waals surface area (Å²) >= 11 is 3.62. The van der Waals surface area contributed by atoms with E-state index < -0.39 is 0 Å². The highest BCUT2D eigenvalue weighted by molar-refractivity contribution is 9.10. The number of piperidine rings is 1. The van der Waals surface area contributed by atoms with Gasteiger partial charge in [-0.15, -0.1) is 0 Å². The lowest BCUT2D eigenvalue weighted by molar-refractivity contribution is 0.0788. The molecule has 0 bridgehead atoms. The lowest BCUT2D eigenvalue weighted by Crippen LogP contribution is -2.34. The number of hydrogen-bond donors (Lipinski definition) is 0. The summed E-state index contributed by atoms with van der Waals surface area (Å²) in [5, 5.41) is 13.9. The van der Waals surface area contributed by atoms with Crippen LogP contribution in [0.15, 0.2) is 83.5 Å². The van der Waals surface area contributed by atoms with Gasteiger partial charge >= 0.3 is 0 Å². The van der Waals surface area contributed by atoms with Crippen molar-refractivity contribution in [3.05, 3.63) is 117 Å². The summed E-state index contributed by atoms with van der Waals surface area (Å²) in [7, 11) is 0. The number of carbonyl (C=O) groups excluding carboxylic acids is 1. The van der Waals surface area contributed by atoms with E-state index in [1.54, 1.807) is 18.3 Å². The Morgan fingerprint density at radius 1 is 0.976 bits per heavy atom. The van der Waals surface area contributed by atoms with Crippen molar-refractivity contribution in [1.29, 1.82) is 5.26 Å². The fourth-order valence-corrected chi connectivity index (χ4v) is 6.67. The number of rotatable bonds is 6. The van der Waals surface area contributed by atoms with E-state index in [0.29, 0.717) is 23.6 Å². The molecule has 3 aromatic carbocycles. The standard InChI is InChI=1S/C33H31BrFN5O/c34-31-18-23(19-36)6-7-27(31)21-38-15-12-25(13-16-38)32-30(20-37-40(32)29-10-8-28(35)9-11-29)33(41)39-17-14-26(22-39)24-4-2-1-3-5-24/h1-11,18,20,25-26H,12-17,21-22H2/t26-/m0/s1. The van der Waals surface area contributed by atoms with Crippen molar-refractivity contribution in [2.45, 2.75) is 37.6 Å². The second-order valence-corrected chi connectivity index (χ2v) is 11.8. The second kappa shape index (κ2) is 12.0. The van der Waals surface area contributed by atoms with Crippen molar-refractivity contribution >= 4 is 21.8 Å². The van der Waals surface area contributed by atoms with Gasteiger partial charge in [-0.3, -0.25) is 9.69 Å². The monoisotopic (exact) mass is 611 g/mol. The van der Waals surface area contributed by atoms with Crippen LogP contribution in [0.1, 0.15) is 63.8 Å². The lowest BCUT2D eigenvalue weighted by atomic mass is 9.90. The Labute approximate surface area is 248 Å². The summed E-state index contributed by atoms with van der Waals surface area (Å²) in [6.45, 7) is 3.95. The highest BCUT2D eigenvalue weighted by Gasteiger charge is 2.34. The summed E-state index contributed by atoms with van der Waals surface area (Å²) in [4.78, 5) is 18.3. The van der Waals surface area contributed by atoms with Crippen molar-refractivity contribution in [3.63, 3.8) is 0 Å². The molecular formula is C33H31BrFN5O. The maximum Gasteiger partial charge on any atom is 0.257 e. The Kier molecular flexibility index (Phi) is 8.00. The molecule has 8 heteroatoms. The molecule has 0 N–H and O–H groups in total. The molecule has 0 saturated carbocycles. The first-order valence-electron chi connectivity index (χ1n) is 14.1. The van der Waals surface area contributed by atoms with E-state index in [4.69, 9.17) is 0 Å². The van der Waals surface area contributed by atoms with Crippen LogP contribution in [0, 0.1) is 17.1 Å². The third kappa shape index (κ3) is 5.83. The van der Waals surface area contributed by atoms with Gasteiger partial charge in [0.25, 0.3) is 5.91 Å². The van der Waals surface area contributed by atoms with E-state index in [-0.39, 0.29) is 17.6 Å². The Hall–Kier alpha value is -3.80. The van der Waals surface area contributed by atoms with Gasteiger partial charge in [-0.1, -0.05) is 52.3 Å². The lowest BCUT2D eigenvalue weighted by Gasteiger charge is -2.33. The van der Waals surface area contributed by atoms with Gasteiger partial charge in [0.05, 0.1) is 34.8 Å². The first kappa shape index (κ1) is 27.4. The summed E-state index contributed by atoms with van der Waals surface area (Å²) in [5.41, 5.74) is 5.38. The summed E-state index contributed by atoms with van der Waals surface area (Å²) in [6.07, 6.45) is 4.42.